The number of thiophene rings is 1. The van der Waals surface area contributed by atoms with Crippen molar-refractivity contribution in [3.05, 3.63) is 58.4 Å². The van der Waals surface area contributed by atoms with Gasteiger partial charge in [-0.3, -0.25) is 4.79 Å². The number of alkyl halides is 3. The van der Waals surface area contributed by atoms with Crippen molar-refractivity contribution in [1.82, 2.24) is 18.8 Å². The number of hydrogen-bond donors (Lipinski definition) is 2. The zero-order valence-corrected chi connectivity index (χ0v) is 19.6. The molecule has 1 amide bonds. The number of anilines is 1. The zero-order valence-electron chi connectivity index (χ0n) is 17.2. The summed E-state index contributed by atoms with van der Waals surface area (Å²) in [6, 6.07) is 4.78. The summed E-state index contributed by atoms with van der Waals surface area (Å²) < 4.78 is 80.3. The standard InChI is InChI=1S/C19H16ClF4N5O3S2/c1-28-15(18(30)26-11-2-3-13(21)12(20)6-11)7-14(27-34(28,31)32)17-5-4-16(33-17)10-8-25-29(9-10)19(22,23)24/h2-6,8-9,14-15,27H,7H2,1H3,(H,26,30). The smallest absolute Gasteiger partial charge is 0.325 e. The molecule has 2 atom stereocenters. The third kappa shape index (κ3) is 4.95. The number of benzene rings is 1. The first kappa shape index (κ1) is 24.6. The minimum absolute atomic E-state index is 0.0399. The third-order valence-corrected chi connectivity index (χ3v) is 8.29. The molecule has 2 N–H and O–H groups in total. The largest absolute Gasteiger partial charge is 0.504 e. The lowest BCUT2D eigenvalue weighted by molar-refractivity contribution is -0.212. The van der Waals surface area contributed by atoms with Crippen LogP contribution in [0.3, 0.4) is 0 Å². The molecule has 2 aromatic heterocycles. The molecule has 1 aromatic carbocycles. The van der Waals surface area contributed by atoms with Crippen molar-refractivity contribution in [3.63, 3.8) is 0 Å². The highest BCUT2D eigenvalue weighted by Gasteiger charge is 2.41. The van der Waals surface area contributed by atoms with Crippen molar-refractivity contribution in [2.45, 2.75) is 24.8 Å². The van der Waals surface area contributed by atoms with Crippen molar-refractivity contribution >= 4 is 44.7 Å². The highest BCUT2D eigenvalue weighted by atomic mass is 35.5. The number of rotatable bonds is 4. The van der Waals surface area contributed by atoms with Crippen molar-refractivity contribution in [1.29, 1.82) is 0 Å². The molecule has 1 fully saturated rings. The molecule has 0 aliphatic carbocycles. The minimum Gasteiger partial charge on any atom is -0.325 e. The number of amides is 1. The maximum Gasteiger partial charge on any atom is 0.504 e. The molecule has 4 rings (SSSR count). The monoisotopic (exact) mass is 537 g/mol. The van der Waals surface area contributed by atoms with Crippen LogP contribution in [-0.4, -0.2) is 41.5 Å². The Morgan fingerprint density at radius 2 is 2.03 bits per heavy atom. The Hall–Kier alpha value is -2.52. The predicted octanol–water partition coefficient (Wildman–Crippen LogP) is 4.10. The lowest BCUT2D eigenvalue weighted by Gasteiger charge is -2.35. The summed E-state index contributed by atoms with van der Waals surface area (Å²) in [5, 5.41) is 5.62. The highest BCUT2D eigenvalue weighted by molar-refractivity contribution is 7.87. The number of aromatic nitrogens is 2. The number of likely N-dealkylation sites (N-methyl/N-ethyl adjacent to an activating group) is 1. The summed E-state index contributed by atoms with van der Waals surface area (Å²) in [6.07, 6.45) is -2.72. The van der Waals surface area contributed by atoms with Crippen LogP contribution in [0.2, 0.25) is 5.02 Å². The van der Waals surface area contributed by atoms with E-state index in [1.807, 2.05) is 0 Å². The Balaban J connectivity index is 1.56. The van der Waals surface area contributed by atoms with Crippen LogP contribution in [0.15, 0.2) is 42.7 Å². The third-order valence-electron chi connectivity index (χ3n) is 5.16. The van der Waals surface area contributed by atoms with Gasteiger partial charge in [-0.2, -0.15) is 27.2 Å². The lowest BCUT2D eigenvalue weighted by atomic mass is 10.1. The van der Waals surface area contributed by atoms with E-state index < -0.39 is 40.3 Å². The van der Waals surface area contributed by atoms with Gasteiger partial charge in [0.1, 0.15) is 11.9 Å². The Bertz CT molecular complexity index is 1340. The summed E-state index contributed by atoms with van der Waals surface area (Å²) in [6.45, 7) is 0. The molecule has 2 unspecified atom stereocenters. The molecular formula is C19H16ClF4N5O3S2. The van der Waals surface area contributed by atoms with Crippen molar-refractivity contribution < 1.29 is 30.8 Å². The maximum atomic E-state index is 13.4. The minimum atomic E-state index is -4.66. The van der Waals surface area contributed by atoms with Gasteiger partial charge >= 0.3 is 6.30 Å². The van der Waals surface area contributed by atoms with Gasteiger partial charge in [0, 0.05) is 34.2 Å². The average molecular weight is 538 g/mol. The van der Waals surface area contributed by atoms with E-state index in [4.69, 9.17) is 11.6 Å². The average Bonchev–Trinajstić information content (AvgIpc) is 3.42. The SMILES string of the molecule is CN1C(C(=O)Nc2ccc(F)c(Cl)c2)CC(c2ccc(-c3cnn(C(F)(F)F)c3)s2)NS1(=O)=O. The number of nitrogens with one attached hydrogen (secondary N) is 2. The van der Waals surface area contributed by atoms with E-state index in [0.29, 0.717) is 9.75 Å². The van der Waals surface area contributed by atoms with E-state index in [1.54, 1.807) is 12.1 Å². The van der Waals surface area contributed by atoms with E-state index in [-0.39, 0.29) is 27.4 Å². The summed E-state index contributed by atoms with van der Waals surface area (Å²) in [4.78, 5) is 13.8. The summed E-state index contributed by atoms with van der Waals surface area (Å²) in [7, 11) is -2.81. The molecular weight excluding hydrogens is 522 g/mol. The van der Waals surface area contributed by atoms with Crippen LogP contribution in [0, 0.1) is 5.82 Å². The van der Waals surface area contributed by atoms with Crippen LogP contribution in [0.1, 0.15) is 17.3 Å². The van der Waals surface area contributed by atoms with Gasteiger partial charge in [0.2, 0.25) is 5.91 Å². The van der Waals surface area contributed by atoms with E-state index in [0.717, 1.165) is 34.1 Å². The van der Waals surface area contributed by atoms with Crippen molar-refractivity contribution in [2.75, 3.05) is 12.4 Å². The van der Waals surface area contributed by atoms with Gasteiger partial charge < -0.3 is 5.32 Å². The van der Waals surface area contributed by atoms with Crippen LogP contribution in [0.4, 0.5) is 23.2 Å². The fourth-order valence-corrected chi connectivity index (χ4v) is 5.95. The first-order valence-electron chi connectivity index (χ1n) is 9.58. The fraction of sp³-hybridized carbons (Fsp3) is 0.263. The molecule has 1 aliphatic heterocycles. The quantitative estimate of drug-likeness (QED) is 0.490. The van der Waals surface area contributed by atoms with Gasteiger partial charge in [0.15, 0.2) is 0 Å². The van der Waals surface area contributed by atoms with Gasteiger partial charge in [-0.1, -0.05) is 11.6 Å². The van der Waals surface area contributed by atoms with Crippen LogP contribution in [-0.2, 0) is 21.3 Å². The second kappa shape index (κ2) is 8.92. The topological polar surface area (TPSA) is 96.3 Å². The predicted molar refractivity (Wildman–Crippen MR) is 118 cm³/mol. The molecule has 3 aromatic rings. The Labute approximate surface area is 200 Å². The van der Waals surface area contributed by atoms with Gasteiger partial charge in [0.05, 0.1) is 17.3 Å². The summed E-state index contributed by atoms with van der Waals surface area (Å²) >= 11 is 6.81. The molecule has 34 heavy (non-hydrogen) atoms. The molecule has 0 spiro atoms. The normalized spacial score (nSPS) is 20.9. The number of carbonyl (C=O) groups excluding carboxylic acids is 1. The van der Waals surface area contributed by atoms with Gasteiger partial charge in [-0.15, -0.1) is 24.5 Å². The number of halogens is 5. The highest BCUT2D eigenvalue weighted by Crippen LogP contribution is 2.37. The second-order valence-corrected chi connectivity index (χ2v) is 10.7. The first-order valence-corrected chi connectivity index (χ1v) is 12.2. The number of hydrogen-bond acceptors (Lipinski definition) is 5. The second-order valence-electron chi connectivity index (χ2n) is 7.40. The van der Waals surface area contributed by atoms with Crippen LogP contribution < -0.4 is 10.0 Å². The molecule has 8 nitrogen and oxygen atoms in total. The van der Waals surface area contributed by atoms with Crippen molar-refractivity contribution in [3.8, 4) is 10.4 Å². The summed E-state index contributed by atoms with van der Waals surface area (Å²) in [5.41, 5.74) is 0.407. The van der Waals surface area contributed by atoms with E-state index in [2.05, 4.69) is 15.1 Å². The molecule has 1 saturated heterocycles. The molecule has 182 valence electrons. The molecule has 0 radical (unpaired) electrons. The Kier molecular flexibility index (Phi) is 6.46. The van der Waals surface area contributed by atoms with Crippen LogP contribution in [0.5, 0.6) is 0 Å². The molecule has 0 saturated carbocycles. The molecule has 3 heterocycles. The van der Waals surface area contributed by atoms with Gasteiger partial charge in [-0.05, 0) is 36.8 Å². The molecule has 1 aliphatic rings. The molecule has 0 bridgehead atoms. The number of carbonyl (C=O) groups is 1. The lowest BCUT2D eigenvalue weighted by Crippen LogP contribution is -2.55. The van der Waals surface area contributed by atoms with E-state index >= 15 is 0 Å². The van der Waals surface area contributed by atoms with Crippen LogP contribution in [0.25, 0.3) is 10.4 Å². The fourth-order valence-electron chi connectivity index (χ4n) is 3.38. The van der Waals surface area contributed by atoms with E-state index in [9.17, 15) is 30.8 Å². The molecule has 15 heteroatoms. The summed E-state index contributed by atoms with van der Waals surface area (Å²) in [5.74, 6) is -1.32. The van der Waals surface area contributed by atoms with Gasteiger partial charge in [-0.25, -0.2) is 4.39 Å². The Morgan fingerprint density at radius 1 is 1.29 bits per heavy atom. The maximum absolute atomic E-state index is 13.4. The van der Waals surface area contributed by atoms with Gasteiger partial charge in [0.25, 0.3) is 10.2 Å². The first-order chi connectivity index (χ1) is 15.8. The van der Waals surface area contributed by atoms with Crippen LogP contribution >= 0.6 is 22.9 Å². The number of nitrogens with zero attached hydrogens (tertiary/aromatic N) is 3. The van der Waals surface area contributed by atoms with Crippen molar-refractivity contribution in [2.24, 2.45) is 0 Å². The zero-order chi connectivity index (χ0) is 24.8. The van der Waals surface area contributed by atoms with E-state index in [1.165, 1.54) is 19.2 Å². The Morgan fingerprint density at radius 3 is 2.68 bits per heavy atom.